The van der Waals surface area contributed by atoms with Gasteiger partial charge in [0, 0.05) is 11.6 Å². The summed E-state index contributed by atoms with van der Waals surface area (Å²) in [5.41, 5.74) is 3.84. The van der Waals surface area contributed by atoms with E-state index in [0.29, 0.717) is 0 Å². The molecule has 0 saturated carbocycles. The van der Waals surface area contributed by atoms with Gasteiger partial charge in [-0.25, -0.2) is 13.6 Å². The molecule has 4 rings (SSSR count). The first-order valence-electron chi connectivity index (χ1n) is 8.66. The van der Waals surface area contributed by atoms with Crippen LogP contribution in [0.5, 0.6) is 0 Å². The minimum absolute atomic E-state index is 0.0637. The summed E-state index contributed by atoms with van der Waals surface area (Å²) in [5, 5.41) is 2.34. The Balaban J connectivity index is 1.50. The Hall–Kier alpha value is -3.65. The van der Waals surface area contributed by atoms with Gasteiger partial charge in [0.2, 0.25) is 0 Å². The van der Waals surface area contributed by atoms with E-state index in [1.807, 2.05) is 54.5 Å². The highest BCUT2D eigenvalue weighted by Gasteiger charge is 2.29. The average molecular weight is 375 g/mol. The lowest BCUT2D eigenvalue weighted by molar-refractivity contribution is 0.158. The number of halogens is 2. The highest BCUT2D eigenvalue weighted by Crippen LogP contribution is 2.44. The van der Waals surface area contributed by atoms with Gasteiger partial charge in [0.15, 0.2) is 0 Å². The summed E-state index contributed by atoms with van der Waals surface area (Å²) in [5.74, 6) is -0.0102. The number of hydrogen-bond donors (Lipinski definition) is 1. The van der Waals surface area contributed by atoms with Gasteiger partial charge in [-0.3, -0.25) is 5.32 Å². The van der Waals surface area contributed by atoms with E-state index in [0.717, 1.165) is 34.4 Å². The van der Waals surface area contributed by atoms with Crippen molar-refractivity contribution in [3.05, 3.63) is 89.0 Å². The van der Waals surface area contributed by atoms with Crippen LogP contribution in [0.2, 0.25) is 0 Å². The topological polar surface area (TPSA) is 38.3 Å². The lowest BCUT2D eigenvalue weighted by Gasteiger charge is -2.14. The van der Waals surface area contributed by atoms with Crippen LogP contribution in [0, 0.1) is 24.0 Å². The van der Waals surface area contributed by atoms with E-state index < -0.39 is 23.3 Å². The second-order valence-electron chi connectivity index (χ2n) is 6.41. The number of anilines is 1. The Morgan fingerprint density at radius 1 is 1.00 bits per heavy atom. The molecular formula is C23H15F2NO2. The van der Waals surface area contributed by atoms with Gasteiger partial charge in [0.1, 0.15) is 18.2 Å². The first-order chi connectivity index (χ1) is 13.6. The molecule has 0 aliphatic heterocycles. The van der Waals surface area contributed by atoms with Crippen LogP contribution in [0.3, 0.4) is 0 Å². The van der Waals surface area contributed by atoms with Crippen molar-refractivity contribution in [1.82, 2.24) is 0 Å². The number of hydrogen-bond acceptors (Lipinski definition) is 2. The molecular weight excluding hydrogens is 360 g/mol. The van der Waals surface area contributed by atoms with Crippen molar-refractivity contribution < 1.29 is 18.3 Å². The summed E-state index contributed by atoms with van der Waals surface area (Å²) in [6.07, 6.45) is 4.26. The molecule has 5 heteroatoms. The van der Waals surface area contributed by atoms with Crippen LogP contribution in [-0.2, 0) is 4.74 Å². The first-order valence-corrected chi connectivity index (χ1v) is 8.66. The van der Waals surface area contributed by atoms with Crippen molar-refractivity contribution in [2.45, 2.75) is 5.92 Å². The fourth-order valence-electron chi connectivity index (χ4n) is 3.54. The maximum Gasteiger partial charge on any atom is 0.411 e. The molecule has 0 aromatic heterocycles. The van der Waals surface area contributed by atoms with E-state index in [-0.39, 0.29) is 18.2 Å². The number of rotatable bonds is 3. The molecule has 0 saturated heterocycles. The van der Waals surface area contributed by atoms with Gasteiger partial charge in [0.25, 0.3) is 0 Å². The molecule has 3 nitrogen and oxygen atoms in total. The molecule has 3 aromatic carbocycles. The molecule has 1 aliphatic carbocycles. The van der Waals surface area contributed by atoms with Gasteiger partial charge in [-0.15, -0.1) is 6.42 Å². The minimum atomic E-state index is -0.920. The van der Waals surface area contributed by atoms with E-state index in [9.17, 15) is 13.6 Å². The Bertz CT molecular complexity index is 1050. The maximum absolute atomic E-state index is 13.7. The zero-order valence-corrected chi connectivity index (χ0v) is 14.7. The number of benzene rings is 3. The quantitative estimate of drug-likeness (QED) is 0.630. The number of terminal acetylenes is 1. The van der Waals surface area contributed by atoms with Crippen molar-refractivity contribution in [2.24, 2.45) is 0 Å². The van der Waals surface area contributed by atoms with Gasteiger partial charge in [0.05, 0.1) is 5.56 Å². The largest absolute Gasteiger partial charge is 0.448 e. The molecule has 1 amide bonds. The van der Waals surface area contributed by atoms with Crippen LogP contribution in [0.15, 0.2) is 60.7 Å². The highest BCUT2D eigenvalue weighted by molar-refractivity contribution is 5.85. The highest BCUT2D eigenvalue weighted by atomic mass is 19.1. The van der Waals surface area contributed by atoms with E-state index in [1.54, 1.807) is 0 Å². The maximum atomic E-state index is 13.7. The van der Waals surface area contributed by atoms with E-state index in [4.69, 9.17) is 11.2 Å². The molecule has 0 unspecified atom stereocenters. The Kier molecular flexibility index (Phi) is 4.54. The number of fused-ring (bicyclic) bond motifs is 3. The fraction of sp³-hybridized carbons (Fsp3) is 0.0870. The Morgan fingerprint density at radius 2 is 1.54 bits per heavy atom. The van der Waals surface area contributed by atoms with E-state index >= 15 is 0 Å². The van der Waals surface area contributed by atoms with Crippen LogP contribution >= 0.6 is 0 Å². The van der Waals surface area contributed by atoms with E-state index in [1.165, 1.54) is 0 Å². The van der Waals surface area contributed by atoms with Gasteiger partial charge >= 0.3 is 6.09 Å². The zero-order valence-electron chi connectivity index (χ0n) is 14.7. The minimum Gasteiger partial charge on any atom is -0.448 e. The number of ether oxygens (including phenoxy) is 1. The van der Waals surface area contributed by atoms with Crippen molar-refractivity contribution in [3.8, 4) is 23.5 Å². The predicted molar refractivity (Wildman–Crippen MR) is 103 cm³/mol. The molecule has 0 heterocycles. The number of carbonyl (C=O) groups excluding carboxylic acids is 1. The summed E-state index contributed by atoms with van der Waals surface area (Å²) < 4.78 is 32.8. The smallest absolute Gasteiger partial charge is 0.411 e. The monoisotopic (exact) mass is 375 g/mol. The Labute approximate surface area is 161 Å². The van der Waals surface area contributed by atoms with Crippen molar-refractivity contribution in [2.75, 3.05) is 11.9 Å². The SMILES string of the molecule is C#Cc1c(F)cc(NC(=O)OCC2c3ccccc3-c3ccccc32)cc1F. The summed E-state index contributed by atoms with van der Waals surface area (Å²) >= 11 is 0. The summed E-state index contributed by atoms with van der Waals surface area (Å²) in [6.45, 7) is 0.104. The van der Waals surface area contributed by atoms with Crippen LogP contribution in [0.25, 0.3) is 11.1 Å². The molecule has 0 radical (unpaired) electrons. The molecule has 28 heavy (non-hydrogen) atoms. The average Bonchev–Trinajstić information content (AvgIpc) is 3.00. The van der Waals surface area contributed by atoms with Crippen molar-refractivity contribution >= 4 is 11.8 Å². The number of carbonyl (C=O) groups is 1. The summed E-state index contributed by atoms with van der Waals surface area (Å²) in [7, 11) is 0. The van der Waals surface area contributed by atoms with E-state index in [2.05, 4.69) is 5.32 Å². The van der Waals surface area contributed by atoms with Gasteiger partial charge in [-0.05, 0) is 34.4 Å². The lowest BCUT2D eigenvalue weighted by atomic mass is 9.98. The van der Waals surface area contributed by atoms with Crippen LogP contribution in [0.4, 0.5) is 19.3 Å². The molecule has 3 aromatic rings. The third kappa shape index (κ3) is 3.10. The fourth-order valence-corrected chi connectivity index (χ4v) is 3.54. The third-order valence-electron chi connectivity index (χ3n) is 4.78. The second-order valence-corrected chi connectivity index (χ2v) is 6.41. The molecule has 0 fully saturated rings. The number of amides is 1. The molecule has 0 bridgehead atoms. The molecule has 138 valence electrons. The molecule has 0 spiro atoms. The second kappa shape index (κ2) is 7.16. The molecule has 1 aliphatic rings. The lowest BCUT2D eigenvalue weighted by Crippen LogP contribution is -2.18. The van der Waals surface area contributed by atoms with Crippen molar-refractivity contribution in [3.63, 3.8) is 0 Å². The van der Waals surface area contributed by atoms with Gasteiger partial charge in [-0.1, -0.05) is 54.5 Å². The van der Waals surface area contributed by atoms with Crippen LogP contribution < -0.4 is 5.32 Å². The summed E-state index contributed by atoms with van der Waals surface area (Å²) in [4.78, 5) is 12.2. The predicted octanol–water partition coefficient (Wildman–Crippen LogP) is 5.31. The normalized spacial score (nSPS) is 12.0. The van der Waals surface area contributed by atoms with Gasteiger partial charge in [-0.2, -0.15) is 0 Å². The zero-order chi connectivity index (χ0) is 19.7. The third-order valence-corrected chi connectivity index (χ3v) is 4.78. The van der Waals surface area contributed by atoms with Crippen LogP contribution in [0.1, 0.15) is 22.6 Å². The number of nitrogens with one attached hydrogen (secondary N) is 1. The molecule has 0 atom stereocenters. The van der Waals surface area contributed by atoms with Gasteiger partial charge < -0.3 is 4.74 Å². The standard InChI is InChI=1S/C23H15F2NO2/c1-2-15-21(24)11-14(12-22(15)25)26-23(27)28-13-20-18-9-5-3-7-16(18)17-8-4-6-10-19(17)20/h1,3-12,20H,13H2,(H,26,27). The molecule has 1 N–H and O–H groups in total. The summed E-state index contributed by atoms with van der Waals surface area (Å²) in [6, 6.07) is 17.8. The van der Waals surface area contributed by atoms with Crippen molar-refractivity contribution in [1.29, 1.82) is 0 Å². The first kappa shape index (κ1) is 17.7. The Morgan fingerprint density at radius 3 is 2.07 bits per heavy atom. The van der Waals surface area contributed by atoms with Crippen LogP contribution in [-0.4, -0.2) is 12.7 Å².